The van der Waals surface area contributed by atoms with Gasteiger partial charge in [-0.3, -0.25) is 9.59 Å². The van der Waals surface area contributed by atoms with Crippen molar-refractivity contribution in [2.75, 3.05) is 30.0 Å². The number of hydrogen-bond donors (Lipinski definition) is 3. The summed E-state index contributed by atoms with van der Waals surface area (Å²) in [7, 11) is -3.52. The molecular formula is C24H24ClN5O5S. The van der Waals surface area contributed by atoms with Gasteiger partial charge in [0.15, 0.2) is 15.5 Å². The van der Waals surface area contributed by atoms with Crippen LogP contribution in [0.3, 0.4) is 0 Å². The molecule has 12 heteroatoms. The number of ether oxygens (including phenoxy) is 1. The Morgan fingerprint density at radius 2 is 1.94 bits per heavy atom. The first-order valence-corrected chi connectivity index (χ1v) is 13.4. The van der Waals surface area contributed by atoms with E-state index in [0.29, 0.717) is 11.6 Å². The van der Waals surface area contributed by atoms with Crippen LogP contribution in [0, 0.1) is 0 Å². The van der Waals surface area contributed by atoms with Crippen molar-refractivity contribution in [3.8, 4) is 5.75 Å². The van der Waals surface area contributed by atoms with Crippen molar-refractivity contribution in [2.45, 2.75) is 23.8 Å². The van der Waals surface area contributed by atoms with Crippen LogP contribution in [0.4, 0.5) is 11.5 Å². The zero-order valence-electron chi connectivity index (χ0n) is 19.3. The van der Waals surface area contributed by atoms with Crippen molar-refractivity contribution >= 4 is 44.8 Å². The highest BCUT2D eigenvalue weighted by Gasteiger charge is 2.23. The summed E-state index contributed by atoms with van der Waals surface area (Å²) in [6.07, 6.45) is 5.35. The van der Waals surface area contributed by atoms with Gasteiger partial charge >= 0.3 is 0 Å². The average Bonchev–Trinajstić information content (AvgIpc) is 2.85. The van der Waals surface area contributed by atoms with E-state index in [0.717, 1.165) is 25.6 Å². The molecule has 1 aliphatic rings. The summed E-state index contributed by atoms with van der Waals surface area (Å²) in [4.78, 5) is 34.3. The van der Waals surface area contributed by atoms with E-state index in [1.54, 1.807) is 12.1 Å². The molecule has 0 radical (unpaired) electrons. The Morgan fingerprint density at radius 1 is 1.11 bits per heavy atom. The zero-order valence-corrected chi connectivity index (χ0v) is 20.9. The number of aromatic nitrogens is 2. The van der Waals surface area contributed by atoms with Crippen molar-refractivity contribution in [1.29, 1.82) is 0 Å². The van der Waals surface area contributed by atoms with E-state index in [-0.39, 0.29) is 39.5 Å². The lowest BCUT2D eigenvalue weighted by atomic mass is 10.1. The summed E-state index contributed by atoms with van der Waals surface area (Å²) in [6.45, 7) is 1.45. The first-order valence-electron chi connectivity index (χ1n) is 11.1. The highest BCUT2D eigenvalue weighted by Crippen LogP contribution is 2.27. The molecule has 0 aliphatic carbocycles. The van der Waals surface area contributed by atoms with Gasteiger partial charge in [0.1, 0.15) is 17.7 Å². The first kappa shape index (κ1) is 25.5. The number of nitrogens with zero attached hydrogens (tertiary/aromatic N) is 2. The highest BCUT2D eigenvalue weighted by molar-refractivity contribution is 7.90. The Labute approximate surface area is 213 Å². The monoisotopic (exact) mass is 529 g/mol. The molecule has 2 amide bonds. The fourth-order valence-corrected chi connectivity index (χ4v) is 4.37. The molecule has 1 saturated heterocycles. The fourth-order valence-electron chi connectivity index (χ4n) is 3.62. The van der Waals surface area contributed by atoms with Gasteiger partial charge in [0.25, 0.3) is 11.8 Å². The largest absolute Gasteiger partial charge is 0.488 e. The van der Waals surface area contributed by atoms with Gasteiger partial charge in [0, 0.05) is 25.2 Å². The molecule has 1 fully saturated rings. The minimum atomic E-state index is -3.52. The van der Waals surface area contributed by atoms with E-state index in [9.17, 15) is 18.0 Å². The van der Waals surface area contributed by atoms with Crippen molar-refractivity contribution in [3.63, 3.8) is 0 Å². The fraction of sp³-hybridized carbons (Fsp3) is 0.250. The van der Waals surface area contributed by atoms with Crippen molar-refractivity contribution in [1.82, 2.24) is 15.3 Å². The van der Waals surface area contributed by atoms with Crippen LogP contribution in [0.15, 0.2) is 59.8 Å². The Kier molecular flexibility index (Phi) is 7.82. The third-order valence-corrected chi connectivity index (χ3v) is 6.74. The third kappa shape index (κ3) is 6.36. The second-order valence-corrected chi connectivity index (χ2v) is 10.6. The predicted octanol–water partition coefficient (Wildman–Crippen LogP) is 3.17. The number of sulfone groups is 1. The van der Waals surface area contributed by atoms with Crippen LogP contribution < -0.4 is 20.7 Å². The number of anilines is 2. The van der Waals surface area contributed by atoms with E-state index in [1.165, 1.54) is 42.7 Å². The van der Waals surface area contributed by atoms with E-state index >= 15 is 0 Å². The van der Waals surface area contributed by atoms with Crippen LogP contribution >= 0.6 is 11.6 Å². The maximum absolute atomic E-state index is 13.3. The molecule has 188 valence electrons. The second kappa shape index (κ2) is 11.0. The van der Waals surface area contributed by atoms with Gasteiger partial charge in [-0.2, -0.15) is 0 Å². The molecule has 2 aromatic heterocycles. The molecular weight excluding hydrogens is 506 g/mol. The number of nitrogens with one attached hydrogen (secondary N) is 3. The number of amides is 2. The summed E-state index contributed by atoms with van der Waals surface area (Å²) in [5, 5.41) is 8.94. The maximum atomic E-state index is 13.3. The molecule has 10 nitrogen and oxygen atoms in total. The molecule has 3 heterocycles. The van der Waals surface area contributed by atoms with E-state index in [2.05, 4.69) is 25.9 Å². The van der Waals surface area contributed by atoms with Crippen LogP contribution in [0.5, 0.6) is 5.75 Å². The Balaban J connectivity index is 1.59. The summed E-state index contributed by atoms with van der Waals surface area (Å²) >= 11 is 5.83. The van der Waals surface area contributed by atoms with Gasteiger partial charge in [-0.05, 0) is 61.9 Å². The molecule has 1 unspecified atom stereocenters. The van der Waals surface area contributed by atoms with Gasteiger partial charge < -0.3 is 20.7 Å². The predicted molar refractivity (Wildman–Crippen MR) is 135 cm³/mol. The number of pyridine rings is 2. The minimum Gasteiger partial charge on any atom is -0.488 e. The van der Waals surface area contributed by atoms with Crippen molar-refractivity contribution in [2.24, 2.45) is 0 Å². The first-order chi connectivity index (χ1) is 17.2. The number of benzene rings is 1. The molecule has 0 saturated carbocycles. The lowest BCUT2D eigenvalue weighted by Gasteiger charge is -2.25. The molecule has 0 spiro atoms. The minimum absolute atomic E-state index is 0.0331. The zero-order chi connectivity index (χ0) is 25.7. The highest BCUT2D eigenvalue weighted by atomic mass is 35.5. The lowest BCUT2D eigenvalue weighted by molar-refractivity contribution is 0.101. The normalized spacial score (nSPS) is 15.7. The van der Waals surface area contributed by atoms with Gasteiger partial charge in [0.2, 0.25) is 0 Å². The molecule has 1 aromatic carbocycles. The molecule has 1 atom stereocenters. The number of piperidine rings is 1. The molecule has 3 aromatic rings. The van der Waals surface area contributed by atoms with E-state index in [1.807, 2.05) is 0 Å². The Morgan fingerprint density at radius 3 is 2.64 bits per heavy atom. The smallest absolute Gasteiger partial charge is 0.277 e. The average molecular weight is 530 g/mol. The second-order valence-electron chi connectivity index (χ2n) is 8.19. The Bertz CT molecular complexity index is 1380. The van der Waals surface area contributed by atoms with Crippen molar-refractivity contribution < 1.29 is 22.7 Å². The van der Waals surface area contributed by atoms with E-state index in [4.69, 9.17) is 16.3 Å². The van der Waals surface area contributed by atoms with Crippen LogP contribution in [0.1, 0.15) is 33.7 Å². The van der Waals surface area contributed by atoms with E-state index < -0.39 is 21.7 Å². The van der Waals surface area contributed by atoms with Gasteiger partial charge in [-0.25, -0.2) is 18.4 Å². The van der Waals surface area contributed by atoms with Crippen LogP contribution in [-0.4, -0.2) is 55.6 Å². The number of carbonyl (C=O) groups is 2. The standard InChI is InChI=1S/C24H24ClN5O5S/c1-36(33,34)17-7-8-18(20(12-17)35-16-4-2-10-26-14-16)23(31)29-19-5-3-11-27-22(19)24(32)30-21-9-6-15(25)13-28-21/h3,5-9,11-13,16,26H,2,4,10,14H2,1H3,(H,29,31)(H,28,30,32). The molecule has 0 bridgehead atoms. The van der Waals surface area contributed by atoms with Crippen LogP contribution in [-0.2, 0) is 9.84 Å². The molecule has 1 aliphatic heterocycles. The molecule has 4 rings (SSSR count). The third-order valence-electron chi connectivity index (χ3n) is 5.41. The summed E-state index contributed by atoms with van der Waals surface area (Å²) in [5.74, 6) is -0.761. The quantitative estimate of drug-likeness (QED) is 0.424. The maximum Gasteiger partial charge on any atom is 0.277 e. The molecule has 3 N–H and O–H groups in total. The molecule has 36 heavy (non-hydrogen) atoms. The van der Waals surface area contributed by atoms with Gasteiger partial charge in [-0.15, -0.1) is 0 Å². The topological polar surface area (TPSA) is 139 Å². The Hall–Kier alpha value is -3.54. The number of carbonyl (C=O) groups excluding carboxylic acids is 2. The number of hydrogen-bond acceptors (Lipinski definition) is 8. The van der Waals surface area contributed by atoms with Gasteiger partial charge in [-0.1, -0.05) is 11.6 Å². The number of halogens is 1. The van der Waals surface area contributed by atoms with Crippen LogP contribution in [0.25, 0.3) is 0 Å². The summed E-state index contributed by atoms with van der Waals surface area (Å²) in [6, 6.07) is 10.3. The van der Waals surface area contributed by atoms with Crippen LogP contribution in [0.2, 0.25) is 5.02 Å². The lowest BCUT2D eigenvalue weighted by Crippen LogP contribution is -2.37. The van der Waals surface area contributed by atoms with Gasteiger partial charge in [0.05, 0.1) is 21.2 Å². The number of rotatable bonds is 7. The SMILES string of the molecule is CS(=O)(=O)c1ccc(C(=O)Nc2cccnc2C(=O)Nc2ccc(Cl)cn2)c(OC2CCCNC2)c1. The van der Waals surface area contributed by atoms with Crippen molar-refractivity contribution in [3.05, 3.63) is 71.1 Å². The summed E-state index contributed by atoms with van der Waals surface area (Å²) in [5.41, 5.74) is 0.253. The summed E-state index contributed by atoms with van der Waals surface area (Å²) < 4.78 is 30.3.